The largest absolute Gasteiger partial charge is 0.481 e. The summed E-state index contributed by atoms with van der Waals surface area (Å²) in [5.74, 6) is -0.604. The van der Waals surface area contributed by atoms with E-state index in [0.717, 1.165) is 12.8 Å². The molecule has 0 atom stereocenters. The summed E-state index contributed by atoms with van der Waals surface area (Å²) in [7, 11) is 0. The SMILES string of the molecule is O=C(O)CC1(O)CCN(C(=O)C2CC2)CC1. The van der Waals surface area contributed by atoms with Crippen LogP contribution in [0, 0.1) is 5.92 Å². The van der Waals surface area contributed by atoms with Crippen LogP contribution in [0.5, 0.6) is 0 Å². The molecule has 0 aromatic carbocycles. The lowest BCUT2D eigenvalue weighted by molar-refractivity contribution is -0.146. The number of likely N-dealkylation sites (tertiary alicyclic amines) is 1. The first-order chi connectivity index (χ1) is 7.50. The van der Waals surface area contributed by atoms with Gasteiger partial charge < -0.3 is 15.1 Å². The van der Waals surface area contributed by atoms with E-state index in [1.165, 1.54) is 0 Å². The smallest absolute Gasteiger partial charge is 0.306 e. The van der Waals surface area contributed by atoms with E-state index < -0.39 is 11.6 Å². The summed E-state index contributed by atoms with van der Waals surface area (Å²) >= 11 is 0. The van der Waals surface area contributed by atoms with Crippen LogP contribution in [0.1, 0.15) is 32.1 Å². The predicted molar refractivity (Wildman–Crippen MR) is 55.7 cm³/mol. The van der Waals surface area contributed by atoms with Gasteiger partial charge in [0, 0.05) is 19.0 Å². The van der Waals surface area contributed by atoms with Crippen molar-refractivity contribution in [2.75, 3.05) is 13.1 Å². The molecule has 1 amide bonds. The lowest BCUT2D eigenvalue weighted by atomic mass is 9.88. The zero-order chi connectivity index (χ0) is 11.8. The standard InChI is InChI=1S/C11H17NO4/c13-9(14)7-11(16)3-5-12(6-4-11)10(15)8-1-2-8/h8,16H,1-7H2,(H,13,14). The molecule has 90 valence electrons. The molecule has 5 nitrogen and oxygen atoms in total. The first-order valence-electron chi connectivity index (χ1n) is 5.73. The summed E-state index contributed by atoms with van der Waals surface area (Å²) in [5.41, 5.74) is -1.12. The summed E-state index contributed by atoms with van der Waals surface area (Å²) < 4.78 is 0. The van der Waals surface area contributed by atoms with E-state index in [0.29, 0.717) is 25.9 Å². The molecular formula is C11H17NO4. The zero-order valence-corrected chi connectivity index (χ0v) is 9.19. The second-order valence-electron chi connectivity index (χ2n) is 4.89. The molecular weight excluding hydrogens is 210 g/mol. The number of carboxylic acids is 1. The minimum atomic E-state index is -1.12. The minimum Gasteiger partial charge on any atom is -0.481 e. The Morgan fingerprint density at radius 1 is 1.25 bits per heavy atom. The molecule has 16 heavy (non-hydrogen) atoms. The molecule has 1 saturated heterocycles. The highest BCUT2D eigenvalue weighted by atomic mass is 16.4. The third-order valence-corrected chi connectivity index (χ3v) is 3.41. The Morgan fingerprint density at radius 2 is 1.81 bits per heavy atom. The topological polar surface area (TPSA) is 77.8 Å². The Balaban J connectivity index is 1.85. The van der Waals surface area contributed by atoms with Gasteiger partial charge in [0.25, 0.3) is 0 Å². The van der Waals surface area contributed by atoms with Gasteiger partial charge in [-0.25, -0.2) is 0 Å². The van der Waals surface area contributed by atoms with Crippen molar-refractivity contribution in [2.45, 2.75) is 37.7 Å². The fourth-order valence-electron chi connectivity index (χ4n) is 2.19. The molecule has 1 aliphatic heterocycles. The van der Waals surface area contributed by atoms with Crippen molar-refractivity contribution in [1.29, 1.82) is 0 Å². The number of hydrogen-bond acceptors (Lipinski definition) is 3. The number of rotatable bonds is 3. The van der Waals surface area contributed by atoms with E-state index in [1.807, 2.05) is 0 Å². The molecule has 0 unspecified atom stereocenters. The van der Waals surface area contributed by atoms with Crippen LogP contribution in [0.2, 0.25) is 0 Å². The molecule has 2 aliphatic rings. The van der Waals surface area contributed by atoms with E-state index in [4.69, 9.17) is 5.11 Å². The average Bonchev–Trinajstić information content (AvgIpc) is 2.99. The summed E-state index contributed by atoms with van der Waals surface area (Å²) in [6, 6.07) is 0. The quantitative estimate of drug-likeness (QED) is 0.723. The summed E-state index contributed by atoms with van der Waals surface area (Å²) in [6.07, 6.45) is 2.48. The minimum absolute atomic E-state index is 0.178. The maximum absolute atomic E-state index is 11.7. The molecule has 0 spiro atoms. The van der Waals surface area contributed by atoms with Crippen LogP contribution in [0.4, 0.5) is 0 Å². The molecule has 0 bridgehead atoms. The molecule has 5 heteroatoms. The molecule has 1 aliphatic carbocycles. The Hall–Kier alpha value is -1.10. The van der Waals surface area contributed by atoms with Gasteiger partial charge in [-0.1, -0.05) is 0 Å². The summed E-state index contributed by atoms with van der Waals surface area (Å²) in [5, 5.41) is 18.6. The number of carboxylic acid groups (broad SMARTS) is 1. The number of aliphatic hydroxyl groups is 1. The van der Waals surface area contributed by atoms with Gasteiger partial charge in [0.05, 0.1) is 12.0 Å². The molecule has 0 aromatic heterocycles. The van der Waals surface area contributed by atoms with Gasteiger partial charge in [-0.2, -0.15) is 0 Å². The van der Waals surface area contributed by atoms with Crippen molar-refractivity contribution in [2.24, 2.45) is 5.92 Å². The van der Waals surface area contributed by atoms with Crippen molar-refractivity contribution >= 4 is 11.9 Å². The number of hydrogen-bond donors (Lipinski definition) is 2. The summed E-state index contributed by atoms with van der Waals surface area (Å²) in [6.45, 7) is 0.970. The lowest BCUT2D eigenvalue weighted by Crippen LogP contribution is -2.48. The predicted octanol–water partition coefficient (Wildman–Crippen LogP) is 0.225. The second-order valence-corrected chi connectivity index (χ2v) is 4.89. The number of piperidine rings is 1. The maximum Gasteiger partial charge on any atom is 0.306 e. The number of nitrogens with zero attached hydrogens (tertiary/aromatic N) is 1. The van der Waals surface area contributed by atoms with Gasteiger partial charge in [0.2, 0.25) is 5.91 Å². The molecule has 0 radical (unpaired) electrons. The average molecular weight is 227 g/mol. The monoisotopic (exact) mass is 227 g/mol. The molecule has 1 saturated carbocycles. The highest BCUT2D eigenvalue weighted by Crippen LogP contribution is 2.33. The van der Waals surface area contributed by atoms with Crippen LogP contribution in [0.3, 0.4) is 0 Å². The van der Waals surface area contributed by atoms with E-state index in [2.05, 4.69) is 0 Å². The van der Waals surface area contributed by atoms with Crippen LogP contribution in [0.15, 0.2) is 0 Å². The lowest BCUT2D eigenvalue weighted by Gasteiger charge is -2.37. The van der Waals surface area contributed by atoms with Crippen LogP contribution in [-0.4, -0.2) is 45.7 Å². The van der Waals surface area contributed by atoms with Gasteiger partial charge in [0.1, 0.15) is 0 Å². The Morgan fingerprint density at radius 3 is 2.25 bits per heavy atom. The van der Waals surface area contributed by atoms with Crippen LogP contribution >= 0.6 is 0 Å². The number of amides is 1. The second kappa shape index (κ2) is 4.05. The van der Waals surface area contributed by atoms with Gasteiger partial charge in [0.15, 0.2) is 0 Å². The molecule has 0 aromatic rings. The van der Waals surface area contributed by atoms with E-state index in [1.54, 1.807) is 4.90 Å². The van der Waals surface area contributed by atoms with E-state index in [9.17, 15) is 14.7 Å². The van der Waals surface area contributed by atoms with E-state index >= 15 is 0 Å². The first kappa shape index (κ1) is 11.4. The van der Waals surface area contributed by atoms with E-state index in [-0.39, 0.29) is 18.2 Å². The number of carbonyl (C=O) groups excluding carboxylic acids is 1. The molecule has 2 rings (SSSR count). The van der Waals surface area contributed by atoms with Crippen LogP contribution < -0.4 is 0 Å². The fourth-order valence-corrected chi connectivity index (χ4v) is 2.19. The zero-order valence-electron chi connectivity index (χ0n) is 9.19. The van der Waals surface area contributed by atoms with Crippen LogP contribution in [-0.2, 0) is 9.59 Å². The number of aliphatic carboxylic acids is 1. The molecule has 1 heterocycles. The summed E-state index contributed by atoms with van der Waals surface area (Å²) in [4.78, 5) is 24.0. The Bertz CT molecular complexity index is 303. The highest BCUT2D eigenvalue weighted by molar-refractivity contribution is 5.81. The van der Waals surface area contributed by atoms with Crippen LogP contribution in [0.25, 0.3) is 0 Å². The molecule has 2 fully saturated rings. The van der Waals surface area contributed by atoms with Crippen molar-refractivity contribution in [1.82, 2.24) is 4.90 Å². The number of carbonyl (C=O) groups is 2. The third-order valence-electron chi connectivity index (χ3n) is 3.41. The van der Waals surface area contributed by atoms with Gasteiger partial charge in [-0.3, -0.25) is 9.59 Å². The highest BCUT2D eigenvalue weighted by Gasteiger charge is 2.39. The Kier molecular flexibility index (Phi) is 2.88. The normalized spacial score (nSPS) is 24.2. The van der Waals surface area contributed by atoms with Gasteiger partial charge in [-0.05, 0) is 25.7 Å². The Labute approximate surface area is 94.0 Å². The maximum atomic E-state index is 11.7. The molecule has 2 N–H and O–H groups in total. The van der Waals surface area contributed by atoms with Crippen molar-refractivity contribution < 1.29 is 19.8 Å². The fraction of sp³-hybridized carbons (Fsp3) is 0.818. The third kappa shape index (κ3) is 2.52. The first-order valence-corrected chi connectivity index (χ1v) is 5.73. The van der Waals surface area contributed by atoms with Gasteiger partial charge >= 0.3 is 5.97 Å². The van der Waals surface area contributed by atoms with Crippen molar-refractivity contribution in [3.05, 3.63) is 0 Å². The van der Waals surface area contributed by atoms with Crippen molar-refractivity contribution in [3.8, 4) is 0 Å². The van der Waals surface area contributed by atoms with Crippen molar-refractivity contribution in [3.63, 3.8) is 0 Å². The van der Waals surface area contributed by atoms with Gasteiger partial charge in [-0.15, -0.1) is 0 Å².